The second-order valence-electron chi connectivity index (χ2n) is 11.5. The Morgan fingerprint density at radius 2 is 1.96 bits per heavy atom. The highest BCUT2D eigenvalue weighted by atomic mass is 19.4. The number of hydrogen-bond donors (Lipinski definition) is 3. The standard InChI is InChI=1S/C32H36F4N6O4/c1-19-15-41(21-7-10-46-16-21)9-6-25(19)40-31(44)23-11-20(12-27-29(23)39-18-42(27)17-32(34,35)36)5-4-8-38-26-13-22(30(43)37-2)24(33)14-28(26)45-3/h11-14,18-19,21,25,38H,6-10,15-17H2,1-3H3,(H,37,43)(H,40,44)/t19-,21+,25-/m0/s1. The average molecular weight is 645 g/mol. The van der Waals surface area contributed by atoms with Crippen LogP contribution in [-0.2, 0) is 11.3 Å². The Morgan fingerprint density at radius 1 is 1.15 bits per heavy atom. The number of halogens is 4. The Labute approximate surface area is 263 Å². The Morgan fingerprint density at radius 3 is 2.63 bits per heavy atom. The molecule has 0 spiro atoms. The van der Waals surface area contributed by atoms with Crippen LogP contribution in [0.1, 0.15) is 46.0 Å². The van der Waals surface area contributed by atoms with Gasteiger partial charge in [0.05, 0.1) is 48.9 Å². The largest absolute Gasteiger partial charge is 0.494 e. The minimum atomic E-state index is -4.50. The normalized spacial score (nSPS) is 20.2. The number of carbonyl (C=O) groups is 2. The first-order chi connectivity index (χ1) is 22.0. The van der Waals surface area contributed by atoms with Gasteiger partial charge in [-0.05, 0) is 37.0 Å². The molecule has 3 atom stereocenters. The molecule has 0 saturated carbocycles. The summed E-state index contributed by atoms with van der Waals surface area (Å²) in [6.45, 7) is 3.88. The summed E-state index contributed by atoms with van der Waals surface area (Å²) in [4.78, 5) is 32.2. The number of piperidine rings is 1. The molecule has 3 aromatic rings. The second kappa shape index (κ2) is 14.0. The van der Waals surface area contributed by atoms with Gasteiger partial charge in [-0.2, -0.15) is 13.2 Å². The van der Waals surface area contributed by atoms with Gasteiger partial charge in [0.1, 0.15) is 23.6 Å². The molecule has 0 aliphatic carbocycles. The number of nitrogens with zero attached hydrogens (tertiary/aromatic N) is 3. The number of imidazole rings is 1. The minimum absolute atomic E-state index is 0.0126. The van der Waals surface area contributed by atoms with Gasteiger partial charge in [-0.1, -0.05) is 18.8 Å². The molecule has 3 heterocycles. The molecule has 0 bridgehead atoms. The molecule has 2 aliphatic heterocycles. The fraction of sp³-hybridized carbons (Fsp3) is 0.469. The van der Waals surface area contributed by atoms with E-state index in [1.807, 2.05) is 0 Å². The maximum absolute atomic E-state index is 14.3. The van der Waals surface area contributed by atoms with Crippen molar-refractivity contribution in [1.29, 1.82) is 0 Å². The van der Waals surface area contributed by atoms with Crippen molar-refractivity contribution in [3.05, 3.63) is 53.1 Å². The van der Waals surface area contributed by atoms with Crippen LogP contribution in [0, 0.1) is 23.6 Å². The molecule has 14 heteroatoms. The number of methoxy groups -OCH3 is 1. The third-order valence-corrected chi connectivity index (χ3v) is 8.36. The molecule has 246 valence electrons. The van der Waals surface area contributed by atoms with Crippen LogP contribution >= 0.6 is 0 Å². The number of ether oxygens (including phenoxy) is 2. The lowest BCUT2D eigenvalue weighted by Gasteiger charge is -2.39. The average Bonchev–Trinajstić information content (AvgIpc) is 3.70. The first-order valence-corrected chi connectivity index (χ1v) is 15.0. The first kappa shape index (κ1) is 33.0. The van der Waals surface area contributed by atoms with Crippen molar-refractivity contribution in [2.24, 2.45) is 5.92 Å². The summed E-state index contributed by atoms with van der Waals surface area (Å²) in [5.74, 6) is 4.27. The molecule has 5 rings (SSSR count). The van der Waals surface area contributed by atoms with E-state index in [0.717, 1.165) is 49.5 Å². The fourth-order valence-corrected chi connectivity index (χ4v) is 5.96. The third-order valence-electron chi connectivity index (χ3n) is 8.36. The quantitative estimate of drug-likeness (QED) is 0.253. The SMILES string of the molecule is CNC(=O)c1cc(NCC#Cc2cc(C(=O)N[C@H]3CCN([C@@H]4CCOC4)C[C@@H]3C)c3ncn(CC(F)(F)F)c3c2)c(OC)cc1F. The van der Waals surface area contributed by atoms with Gasteiger partial charge in [-0.3, -0.25) is 14.5 Å². The molecule has 2 aliphatic rings. The Balaban J connectivity index is 1.37. The number of nitrogens with one attached hydrogen (secondary N) is 3. The van der Waals surface area contributed by atoms with Gasteiger partial charge in [0.15, 0.2) is 0 Å². The zero-order valence-corrected chi connectivity index (χ0v) is 25.8. The summed E-state index contributed by atoms with van der Waals surface area (Å²) < 4.78 is 66.1. The number of alkyl halides is 3. The number of aromatic nitrogens is 2. The molecule has 46 heavy (non-hydrogen) atoms. The number of carbonyl (C=O) groups excluding carboxylic acids is 2. The molecule has 0 radical (unpaired) electrons. The van der Waals surface area contributed by atoms with E-state index in [2.05, 4.69) is 44.6 Å². The van der Waals surface area contributed by atoms with E-state index in [0.29, 0.717) is 23.9 Å². The van der Waals surface area contributed by atoms with E-state index in [4.69, 9.17) is 9.47 Å². The van der Waals surface area contributed by atoms with Crippen molar-refractivity contribution in [3.63, 3.8) is 0 Å². The van der Waals surface area contributed by atoms with Gasteiger partial charge in [-0.15, -0.1) is 0 Å². The van der Waals surface area contributed by atoms with Crippen LogP contribution in [0.4, 0.5) is 23.2 Å². The lowest BCUT2D eigenvalue weighted by atomic mass is 9.92. The maximum Gasteiger partial charge on any atom is 0.406 e. The lowest BCUT2D eigenvalue weighted by molar-refractivity contribution is -0.140. The Bertz CT molecular complexity index is 1660. The molecule has 2 aromatic carbocycles. The van der Waals surface area contributed by atoms with Crippen LogP contribution in [0.15, 0.2) is 30.6 Å². The maximum atomic E-state index is 14.3. The van der Waals surface area contributed by atoms with E-state index in [9.17, 15) is 27.2 Å². The molecule has 2 saturated heterocycles. The van der Waals surface area contributed by atoms with Crippen molar-refractivity contribution in [3.8, 4) is 17.6 Å². The Hall–Kier alpha value is -4.35. The van der Waals surface area contributed by atoms with Crippen molar-refractivity contribution in [1.82, 2.24) is 25.1 Å². The molecular weight excluding hydrogens is 608 g/mol. The number of rotatable bonds is 8. The summed E-state index contributed by atoms with van der Waals surface area (Å²) in [5.41, 5.74) is 0.842. The zero-order valence-electron chi connectivity index (χ0n) is 25.8. The van der Waals surface area contributed by atoms with Crippen molar-refractivity contribution < 1.29 is 36.6 Å². The molecule has 10 nitrogen and oxygen atoms in total. The van der Waals surface area contributed by atoms with Gasteiger partial charge >= 0.3 is 6.18 Å². The molecular formula is C32H36F4N6O4. The van der Waals surface area contributed by atoms with E-state index >= 15 is 0 Å². The van der Waals surface area contributed by atoms with Crippen LogP contribution in [0.25, 0.3) is 11.0 Å². The second-order valence-corrected chi connectivity index (χ2v) is 11.5. The number of hydrogen-bond acceptors (Lipinski definition) is 7. The highest BCUT2D eigenvalue weighted by molar-refractivity contribution is 6.05. The van der Waals surface area contributed by atoms with Crippen molar-refractivity contribution >= 4 is 28.5 Å². The van der Waals surface area contributed by atoms with Gasteiger partial charge in [0.25, 0.3) is 11.8 Å². The van der Waals surface area contributed by atoms with Crippen LogP contribution < -0.4 is 20.7 Å². The zero-order chi connectivity index (χ0) is 33.0. The number of anilines is 1. The summed E-state index contributed by atoms with van der Waals surface area (Å²) in [7, 11) is 2.73. The Kier molecular flexibility index (Phi) is 10.0. The number of benzene rings is 2. The number of likely N-dealkylation sites (tertiary alicyclic amines) is 1. The monoisotopic (exact) mass is 644 g/mol. The predicted molar refractivity (Wildman–Crippen MR) is 163 cm³/mol. The third kappa shape index (κ3) is 7.54. The molecule has 1 aromatic heterocycles. The minimum Gasteiger partial charge on any atom is -0.494 e. The highest BCUT2D eigenvalue weighted by Gasteiger charge is 2.33. The summed E-state index contributed by atoms with van der Waals surface area (Å²) in [5, 5.41) is 8.43. The van der Waals surface area contributed by atoms with E-state index in [1.54, 1.807) is 0 Å². The molecule has 3 N–H and O–H groups in total. The summed E-state index contributed by atoms with van der Waals surface area (Å²) in [6, 6.07) is 5.62. The van der Waals surface area contributed by atoms with E-state index in [-0.39, 0.29) is 46.4 Å². The van der Waals surface area contributed by atoms with Crippen molar-refractivity contribution in [2.75, 3.05) is 52.3 Å². The lowest BCUT2D eigenvalue weighted by Crippen LogP contribution is -2.52. The number of amides is 2. The molecule has 0 unspecified atom stereocenters. The highest BCUT2D eigenvalue weighted by Crippen LogP contribution is 2.29. The summed E-state index contributed by atoms with van der Waals surface area (Å²) >= 11 is 0. The first-order valence-electron chi connectivity index (χ1n) is 15.0. The van der Waals surface area contributed by atoms with Crippen molar-refractivity contribution in [2.45, 2.75) is 44.6 Å². The van der Waals surface area contributed by atoms with Gasteiger partial charge in [0, 0.05) is 50.5 Å². The fourth-order valence-electron chi connectivity index (χ4n) is 5.96. The van der Waals surface area contributed by atoms with Crippen LogP contribution in [0.2, 0.25) is 0 Å². The van der Waals surface area contributed by atoms with Crippen LogP contribution in [-0.4, -0.2) is 91.5 Å². The van der Waals surface area contributed by atoms with E-state index in [1.165, 1.54) is 32.4 Å². The van der Waals surface area contributed by atoms with Crippen LogP contribution in [0.5, 0.6) is 5.75 Å². The topological polar surface area (TPSA) is 110 Å². The molecule has 2 fully saturated rings. The molecule has 2 amide bonds. The smallest absolute Gasteiger partial charge is 0.406 e. The van der Waals surface area contributed by atoms with Gasteiger partial charge in [-0.25, -0.2) is 9.37 Å². The number of fused-ring (bicyclic) bond motifs is 1. The van der Waals surface area contributed by atoms with Gasteiger partial charge < -0.3 is 30.0 Å². The van der Waals surface area contributed by atoms with E-state index < -0.39 is 30.4 Å². The summed E-state index contributed by atoms with van der Waals surface area (Å²) in [6.07, 6.45) is -1.71. The van der Waals surface area contributed by atoms with Gasteiger partial charge in [0.2, 0.25) is 0 Å². The van der Waals surface area contributed by atoms with Crippen LogP contribution in [0.3, 0.4) is 0 Å². The predicted octanol–water partition coefficient (Wildman–Crippen LogP) is 3.80.